The van der Waals surface area contributed by atoms with Gasteiger partial charge in [0, 0.05) is 6.04 Å². The topological polar surface area (TPSA) is 40.5 Å². The smallest absolute Gasteiger partial charge is 0.323 e. The zero-order chi connectivity index (χ0) is 11.4. The normalized spacial score (nSPS) is 14.4. The molecule has 0 aliphatic heterocycles. The van der Waals surface area contributed by atoms with Gasteiger partial charge in [0.15, 0.2) is 0 Å². The molecule has 1 N–H and O–H groups in total. The molecule has 3 heteroatoms. The number of nitrogens with zero attached hydrogens (tertiary/aromatic N) is 1. The number of hydrogen-bond acceptors (Lipinski definition) is 2. The van der Waals surface area contributed by atoms with Gasteiger partial charge < -0.3 is 5.11 Å². The predicted molar refractivity (Wildman–Crippen MR) is 58.5 cm³/mol. The first-order chi connectivity index (χ1) is 6.37. The molecule has 0 fully saturated rings. The number of carboxylic acids is 1. The maximum Gasteiger partial charge on any atom is 0.323 e. The Morgan fingerprint density at radius 3 is 2.21 bits per heavy atom. The van der Waals surface area contributed by atoms with Gasteiger partial charge in [0.1, 0.15) is 5.54 Å². The molecule has 0 heterocycles. The fourth-order valence-corrected chi connectivity index (χ4v) is 1.61. The van der Waals surface area contributed by atoms with Crippen LogP contribution in [0.3, 0.4) is 0 Å². The van der Waals surface area contributed by atoms with E-state index in [1.165, 1.54) is 0 Å². The fraction of sp³-hybridized carbons (Fsp3) is 0.909. The molecule has 0 aromatic carbocycles. The van der Waals surface area contributed by atoms with Gasteiger partial charge in [0.25, 0.3) is 0 Å². The highest BCUT2D eigenvalue weighted by Gasteiger charge is 2.35. The first-order valence-corrected chi connectivity index (χ1v) is 5.34. The van der Waals surface area contributed by atoms with Crippen LogP contribution in [-0.4, -0.2) is 34.6 Å². The average Bonchev–Trinajstić information content (AvgIpc) is 2.12. The molecule has 0 saturated carbocycles. The molecule has 84 valence electrons. The van der Waals surface area contributed by atoms with Crippen LogP contribution in [0.1, 0.15) is 47.0 Å². The first-order valence-electron chi connectivity index (χ1n) is 5.34. The van der Waals surface area contributed by atoms with Crippen LogP contribution in [0.25, 0.3) is 0 Å². The third-order valence-corrected chi connectivity index (χ3v) is 3.05. The predicted octanol–water partition coefficient (Wildman–Crippen LogP) is 2.36. The van der Waals surface area contributed by atoms with E-state index in [0.29, 0.717) is 6.04 Å². The van der Waals surface area contributed by atoms with Gasteiger partial charge in [-0.25, -0.2) is 0 Å². The number of likely N-dealkylation sites (N-methyl/N-ethyl adjacent to an activating group) is 1. The van der Waals surface area contributed by atoms with Crippen molar-refractivity contribution in [1.29, 1.82) is 0 Å². The third-order valence-electron chi connectivity index (χ3n) is 3.05. The molecule has 0 radical (unpaired) electrons. The molecule has 0 aromatic rings. The van der Waals surface area contributed by atoms with Crippen LogP contribution in [0.4, 0.5) is 0 Å². The summed E-state index contributed by atoms with van der Waals surface area (Å²) in [6.45, 7) is 7.75. The van der Waals surface area contributed by atoms with Crippen molar-refractivity contribution < 1.29 is 9.90 Å². The summed E-state index contributed by atoms with van der Waals surface area (Å²) in [4.78, 5) is 13.0. The maximum atomic E-state index is 11.0. The molecule has 0 amide bonds. The molecule has 0 spiro atoms. The van der Waals surface area contributed by atoms with Crippen molar-refractivity contribution in [2.75, 3.05) is 7.05 Å². The second kappa shape index (κ2) is 5.35. The Bertz CT molecular complexity index is 190. The minimum atomic E-state index is -0.768. The van der Waals surface area contributed by atoms with Gasteiger partial charge in [-0.1, -0.05) is 20.3 Å². The summed E-state index contributed by atoms with van der Waals surface area (Å²) in [6, 6.07) is 0.367. The van der Waals surface area contributed by atoms with E-state index in [0.717, 1.165) is 19.3 Å². The van der Waals surface area contributed by atoms with Gasteiger partial charge in [0.05, 0.1) is 0 Å². The zero-order valence-corrected chi connectivity index (χ0v) is 10.0. The van der Waals surface area contributed by atoms with Gasteiger partial charge in [-0.3, -0.25) is 9.69 Å². The summed E-state index contributed by atoms with van der Waals surface area (Å²) < 4.78 is 0. The Hall–Kier alpha value is -0.570. The molecular formula is C11H23NO2. The molecular weight excluding hydrogens is 178 g/mol. The van der Waals surface area contributed by atoms with Crippen molar-refractivity contribution in [2.24, 2.45) is 0 Å². The standard InChI is InChI=1S/C11H23NO2/c1-6-8-9(7-2)12(5)11(3,4)10(13)14/h9H,6-8H2,1-5H3,(H,13,14). The second-order valence-corrected chi connectivity index (χ2v) is 4.33. The van der Waals surface area contributed by atoms with Crippen molar-refractivity contribution in [3.63, 3.8) is 0 Å². The monoisotopic (exact) mass is 201 g/mol. The molecule has 0 aliphatic carbocycles. The minimum absolute atomic E-state index is 0.367. The molecule has 0 saturated heterocycles. The first kappa shape index (κ1) is 13.4. The van der Waals surface area contributed by atoms with E-state index in [-0.39, 0.29) is 0 Å². The van der Waals surface area contributed by atoms with E-state index in [2.05, 4.69) is 13.8 Å². The molecule has 14 heavy (non-hydrogen) atoms. The summed E-state index contributed by atoms with van der Waals surface area (Å²) in [7, 11) is 1.90. The van der Waals surface area contributed by atoms with Crippen molar-refractivity contribution in [1.82, 2.24) is 4.90 Å². The molecule has 0 bridgehead atoms. The highest BCUT2D eigenvalue weighted by Crippen LogP contribution is 2.20. The zero-order valence-electron chi connectivity index (χ0n) is 10.0. The van der Waals surface area contributed by atoms with E-state index < -0.39 is 11.5 Å². The molecule has 3 nitrogen and oxygen atoms in total. The van der Waals surface area contributed by atoms with E-state index in [4.69, 9.17) is 5.11 Å². The van der Waals surface area contributed by atoms with Crippen molar-refractivity contribution >= 4 is 5.97 Å². The van der Waals surface area contributed by atoms with Crippen LogP contribution < -0.4 is 0 Å². The highest BCUT2D eigenvalue weighted by molar-refractivity contribution is 5.77. The van der Waals surface area contributed by atoms with Gasteiger partial charge in [-0.05, 0) is 33.7 Å². The Morgan fingerprint density at radius 2 is 1.93 bits per heavy atom. The minimum Gasteiger partial charge on any atom is -0.480 e. The largest absolute Gasteiger partial charge is 0.480 e. The molecule has 1 unspecified atom stereocenters. The molecule has 0 rings (SSSR count). The Balaban J connectivity index is 4.55. The van der Waals surface area contributed by atoms with Gasteiger partial charge in [0.2, 0.25) is 0 Å². The van der Waals surface area contributed by atoms with Crippen molar-refractivity contribution in [3.05, 3.63) is 0 Å². The molecule has 0 aromatic heterocycles. The van der Waals surface area contributed by atoms with Gasteiger partial charge in [-0.2, -0.15) is 0 Å². The Morgan fingerprint density at radius 1 is 1.43 bits per heavy atom. The summed E-state index contributed by atoms with van der Waals surface area (Å²) in [5.41, 5.74) is -0.768. The summed E-state index contributed by atoms with van der Waals surface area (Å²) in [5, 5.41) is 9.08. The quantitative estimate of drug-likeness (QED) is 0.717. The lowest BCUT2D eigenvalue weighted by Crippen LogP contribution is -2.52. The number of hydrogen-bond donors (Lipinski definition) is 1. The lowest BCUT2D eigenvalue weighted by Gasteiger charge is -2.37. The summed E-state index contributed by atoms with van der Waals surface area (Å²) in [6.07, 6.45) is 3.16. The highest BCUT2D eigenvalue weighted by atomic mass is 16.4. The van der Waals surface area contributed by atoms with E-state index in [1.54, 1.807) is 13.8 Å². The van der Waals surface area contributed by atoms with Crippen LogP contribution >= 0.6 is 0 Å². The van der Waals surface area contributed by atoms with Gasteiger partial charge >= 0.3 is 5.97 Å². The lowest BCUT2D eigenvalue weighted by molar-refractivity contribution is -0.150. The lowest BCUT2D eigenvalue weighted by atomic mass is 9.98. The summed E-state index contributed by atoms with van der Waals surface area (Å²) in [5.74, 6) is -0.755. The van der Waals surface area contributed by atoms with E-state index in [9.17, 15) is 4.79 Å². The Kier molecular flexibility index (Phi) is 5.13. The average molecular weight is 201 g/mol. The van der Waals surface area contributed by atoms with Crippen molar-refractivity contribution in [3.8, 4) is 0 Å². The van der Waals surface area contributed by atoms with E-state index in [1.807, 2.05) is 11.9 Å². The molecule has 1 atom stereocenters. The van der Waals surface area contributed by atoms with E-state index >= 15 is 0 Å². The fourth-order valence-electron chi connectivity index (χ4n) is 1.61. The van der Waals surface area contributed by atoms with Gasteiger partial charge in [-0.15, -0.1) is 0 Å². The van der Waals surface area contributed by atoms with Crippen LogP contribution in [0.2, 0.25) is 0 Å². The Labute approximate surface area is 87.1 Å². The van der Waals surface area contributed by atoms with Crippen LogP contribution in [0, 0.1) is 0 Å². The molecule has 0 aliphatic rings. The number of carbonyl (C=O) groups is 1. The van der Waals surface area contributed by atoms with Crippen LogP contribution in [-0.2, 0) is 4.79 Å². The number of carboxylic acid groups (broad SMARTS) is 1. The van der Waals surface area contributed by atoms with Crippen LogP contribution in [0.15, 0.2) is 0 Å². The number of aliphatic carboxylic acids is 1. The SMILES string of the molecule is CCCC(CC)N(C)C(C)(C)C(=O)O. The third kappa shape index (κ3) is 2.98. The summed E-state index contributed by atoms with van der Waals surface area (Å²) >= 11 is 0. The van der Waals surface area contributed by atoms with Crippen molar-refractivity contribution in [2.45, 2.75) is 58.5 Å². The maximum absolute atomic E-state index is 11.0. The van der Waals surface area contributed by atoms with Crippen LogP contribution in [0.5, 0.6) is 0 Å². The second-order valence-electron chi connectivity index (χ2n) is 4.33. The number of rotatable bonds is 6.